The molecule has 0 aliphatic carbocycles. The number of anilines is 1. The predicted octanol–water partition coefficient (Wildman–Crippen LogP) is 2.06. The van der Waals surface area contributed by atoms with Gasteiger partial charge in [0.05, 0.1) is 5.69 Å². The van der Waals surface area contributed by atoms with E-state index >= 15 is 0 Å². The minimum Gasteiger partial charge on any atom is -0.423 e. The molecule has 1 heterocycles. The molecule has 5 nitrogen and oxygen atoms in total. The van der Waals surface area contributed by atoms with Gasteiger partial charge in [0.15, 0.2) is 5.82 Å². The van der Waals surface area contributed by atoms with Gasteiger partial charge in [-0.25, -0.2) is 4.98 Å². The maximum absolute atomic E-state index is 9.64. The highest BCUT2D eigenvalue weighted by Crippen LogP contribution is 2.28. The third kappa shape index (κ3) is 2.04. The van der Waals surface area contributed by atoms with Crippen molar-refractivity contribution in [2.75, 3.05) is 5.73 Å². The van der Waals surface area contributed by atoms with Crippen molar-refractivity contribution in [3.63, 3.8) is 0 Å². The molecule has 0 saturated heterocycles. The number of rotatable bonds is 2. The first-order valence-electron chi connectivity index (χ1n) is 5.45. The molecule has 0 aliphatic rings. The van der Waals surface area contributed by atoms with Crippen LogP contribution in [0.4, 0.5) is 5.82 Å². The molecular formula is C12H13ClN4O. The molecule has 18 heavy (non-hydrogen) atoms. The molecule has 94 valence electrons. The Morgan fingerprint density at radius 2 is 2.00 bits per heavy atom. The van der Waals surface area contributed by atoms with Crippen molar-refractivity contribution < 1.29 is 5.21 Å². The molecule has 0 amide bonds. The summed E-state index contributed by atoms with van der Waals surface area (Å²) in [6.07, 6.45) is 0.620. The number of nitrogens with two attached hydrogens (primary N) is 1. The first-order valence-corrected chi connectivity index (χ1v) is 5.83. The lowest BCUT2D eigenvalue weighted by molar-refractivity contribution is 0.171. The van der Waals surface area contributed by atoms with Gasteiger partial charge in [-0.1, -0.05) is 30.7 Å². The smallest absolute Gasteiger partial charge is 0.257 e. The molecule has 4 N–H and O–H groups in total. The van der Waals surface area contributed by atoms with Crippen LogP contribution in [0.1, 0.15) is 12.6 Å². The average molecular weight is 265 g/mol. The maximum atomic E-state index is 9.64. The monoisotopic (exact) mass is 264 g/mol. The van der Waals surface area contributed by atoms with E-state index in [1.165, 1.54) is 0 Å². The first kappa shape index (κ1) is 12.4. The maximum Gasteiger partial charge on any atom is 0.257 e. The number of halogens is 1. The summed E-state index contributed by atoms with van der Waals surface area (Å²) in [4.78, 5) is 4.02. The second-order valence-corrected chi connectivity index (χ2v) is 4.25. The van der Waals surface area contributed by atoms with Crippen LogP contribution >= 0.6 is 11.6 Å². The molecule has 0 spiro atoms. The lowest BCUT2D eigenvalue weighted by atomic mass is 10.0. The third-order valence-electron chi connectivity index (χ3n) is 2.68. The Labute approximate surface area is 109 Å². The Morgan fingerprint density at radius 1 is 1.39 bits per heavy atom. The van der Waals surface area contributed by atoms with Crippen molar-refractivity contribution in [1.82, 2.24) is 9.71 Å². The molecule has 0 fully saturated rings. The number of aryl methyl sites for hydroxylation is 1. The normalized spacial score (nSPS) is 10.6. The highest BCUT2D eigenvalue weighted by atomic mass is 35.5. The van der Waals surface area contributed by atoms with E-state index in [4.69, 9.17) is 22.7 Å². The second-order valence-electron chi connectivity index (χ2n) is 3.81. The number of hydrogen-bond donors (Lipinski definition) is 3. The Balaban J connectivity index is 2.73. The summed E-state index contributed by atoms with van der Waals surface area (Å²) in [6.45, 7) is 1.92. The van der Waals surface area contributed by atoms with Gasteiger partial charge in [-0.05, 0) is 24.1 Å². The lowest BCUT2D eigenvalue weighted by Gasteiger charge is -2.13. The van der Waals surface area contributed by atoms with Crippen LogP contribution in [0.15, 0.2) is 24.3 Å². The number of nitrogens with one attached hydrogen (secondary N) is 1. The molecule has 0 radical (unpaired) electrons. The van der Waals surface area contributed by atoms with Crippen LogP contribution in [0.2, 0.25) is 5.02 Å². The number of nitrogens with zero attached hydrogens (tertiary/aromatic N) is 2. The molecule has 2 aromatic rings. The standard InChI is InChI=1S/C12H13ClN4O/c1-2-9-10(7-3-5-8(13)6-4-7)11(14)17(18)12(15)16-9/h3-6,15,18H,2,14H2,1H3. The summed E-state index contributed by atoms with van der Waals surface area (Å²) in [7, 11) is 0. The second kappa shape index (κ2) is 4.70. The third-order valence-corrected chi connectivity index (χ3v) is 2.93. The van der Waals surface area contributed by atoms with Gasteiger partial charge >= 0.3 is 0 Å². The van der Waals surface area contributed by atoms with Crippen LogP contribution < -0.4 is 11.4 Å². The Morgan fingerprint density at radius 3 is 2.56 bits per heavy atom. The molecule has 1 aromatic carbocycles. The van der Waals surface area contributed by atoms with E-state index in [2.05, 4.69) is 4.98 Å². The first-order chi connectivity index (χ1) is 8.54. The van der Waals surface area contributed by atoms with Crippen LogP contribution in [-0.2, 0) is 6.42 Å². The average Bonchev–Trinajstić information content (AvgIpc) is 2.37. The molecule has 0 saturated carbocycles. The highest BCUT2D eigenvalue weighted by Gasteiger charge is 2.13. The Kier molecular flexibility index (Phi) is 3.25. The minimum absolute atomic E-state index is 0.106. The van der Waals surface area contributed by atoms with Gasteiger partial charge in [-0.3, -0.25) is 5.41 Å². The summed E-state index contributed by atoms with van der Waals surface area (Å²) in [5, 5.41) is 17.8. The molecule has 1 aromatic heterocycles. The lowest BCUT2D eigenvalue weighted by Crippen LogP contribution is -2.26. The van der Waals surface area contributed by atoms with Gasteiger partial charge in [-0.2, -0.15) is 0 Å². The quantitative estimate of drug-likeness (QED) is 0.726. The van der Waals surface area contributed by atoms with Crippen molar-refractivity contribution >= 4 is 17.4 Å². The van der Waals surface area contributed by atoms with Crippen LogP contribution in [0.3, 0.4) is 0 Å². The van der Waals surface area contributed by atoms with Crippen LogP contribution in [0, 0.1) is 5.41 Å². The summed E-state index contributed by atoms with van der Waals surface area (Å²) in [6, 6.07) is 7.09. The molecule has 0 unspecified atom stereocenters. The molecule has 0 bridgehead atoms. The van der Waals surface area contributed by atoms with Crippen LogP contribution in [-0.4, -0.2) is 14.9 Å². The largest absolute Gasteiger partial charge is 0.423 e. The zero-order valence-electron chi connectivity index (χ0n) is 9.81. The van der Waals surface area contributed by atoms with E-state index in [0.29, 0.717) is 27.4 Å². The topological polar surface area (TPSA) is 87.9 Å². The fourth-order valence-electron chi connectivity index (χ4n) is 1.79. The summed E-state index contributed by atoms with van der Waals surface area (Å²) in [5.41, 5.74) is 7.69. The van der Waals surface area contributed by atoms with Crippen molar-refractivity contribution in [2.24, 2.45) is 0 Å². The van der Waals surface area contributed by atoms with Gasteiger partial charge in [-0.15, -0.1) is 4.73 Å². The van der Waals surface area contributed by atoms with E-state index in [-0.39, 0.29) is 11.4 Å². The van der Waals surface area contributed by atoms with Gasteiger partial charge in [0.25, 0.3) is 5.62 Å². The molecular weight excluding hydrogens is 252 g/mol. The van der Waals surface area contributed by atoms with Gasteiger partial charge in [0.1, 0.15) is 0 Å². The summed E-state index contributed by atoms with van der Waals surface area (Å²) >= 11 is 5.84. The van der Waals surface area contributed by atoms with Crippen molar-refractivity contribution in [3.05, 3.63) is 40.6 Å². The minimum atomic E-state index is -0.276. The molecule has 2 rings (SSSR count). The van der Waals surface area contributed by atoms with E-state index in [1.807, 2.05) is 6.92 Å². The molecule has 0 atom stereocenters. The fraction of sp³-hybridized carbons (Fsp3) is 0.167. The van der Waals surface area contributed by atoms with E-state index in [9.17, 15) is 5.21 Å². The molecule has 6 heteroatoms. The van der Waals surface area contributed by atoms with Crippen LogP contribution in [0.25, 0.3) is 11.1 Å². The zero-order chi connectivity index (χ0) is 13.3. The van der Waals surface area contributed by atoms with E-state index in [1.54, 1.807) is 24.3 Å². The predicted molar refractivity (Wildman–Crippen MR) is 69.5 cm³/mol. The fourth-order valence-corrected chi connectivity index (χ4v) is 1.91. The van der Waals surface area contributed by atoms with E-state index < -0.39 is 0 Å². The Bertz CT molecular complexity index is 634. The van der Waals surface area contributed by atoms with Gasteiger partial charge < -0.3 is 10.9 Å². The summed E-state index contributed by atoms with van der Waals surface area (Å²) in [5.74, 6) is 0.106. The van der Waals surface area contributed by atoms with Crippen molar-refractivity contribution in [2.45, 2.75) is 13.3 Å². The van der Waals surface area contributed by atoms with Gasteiger partial charge in [0, 0.05) is 10.6 Å². The number of nitrogen functional groups attached to an aromatic ring is 1. The highest BCUT2D eigenvalue weighted by molar-refractivity contribution is 6.30. The van der Waals surface area contributed by atoms with E-state index in [0.717, 1.165) is 5.56 Å². The number of benzene rings is 1. The SMILES string of the molecule is CCc1nc(=N)n(O)c(N)c1-c1ccc(Cl)cc1. The molecule has 0 aliphatic heterocycles. The summed E-state index contributed by atoms with van der Waals surface area (Å²) < 4.78 is 0.573. The van der Waals surface area contributed by atoms with Crippen molar-refractivity contribution in [1.29, 1.82) is 5.41 Å². The zero-order valence-corrected chi connectivity index (χ0v) is 10.6. The van der Waals surface area contributed by atoms with Crippen molar-refractivity contribution in [3.8, 4) is 11.1 Å². The van der Waals surface area contributed by atoms with Gasteiger partial charge in [0.2, 0.25) is 0 Å². The number of hydrogen-bond acceptors (Lipinski definition) is 4. The number of aromatic nitrogens is 2. The van der Waals surface area contributed by atoms with Crippen LogP contribution in [0.5, 0.6) is 0 Å². The Hall–Kier alpha value is -2.01.